The first-order chi connectivity index (χ1) is 9.93. The van der Waals surface area contributed by atoms with Crippen LogP contribution in [0.3, 0.4) is 0 Å². The normalized spacial score (nSPS) is 11.4. The van der Waals surface area contributed by atoms with Crippen molar-refractivity contribution in [2.24, 2.45) is 5.92 Å². The number of anilines is 1. The van der Waals surface area contributed by atoms with Gasteiger partial charge in [-0.05, 0) is 45.1 Å². The van der Waals surface area contributed by atoms with Crippen LogP contribution in [0.4, 0.5) is 5.82 Å². The summed E-state index contributed by atoms with van der Waals surface area (Å²) in [7, 11) is 4.23. The van der Waals surface area contributed by atoms with Crippen molar-refractivity contribution in [3.8, 4) is 0 Å². The number of hydrogen-bond donors (Lipinski definition) is 1. The van der Waals surface area contributed by atoms with Crippen LogP contribution in [0.1, 0.15) is 32.0 Å². The number of aromatic nitrogens is 1. The van der Waals surface area contributed by atoms with Crippen LogP contribution in [0.15, 0.2) is 12.1 Å². The molecule has 0 spiro atoms. The Morgan fingerprint density at radius 1 is 1.19 bits per heavy atom. The first-order valence-corrected chi connectivity index (χ1v) is 8.01. The fourth-order valence-electron chi connectivity index (χ4n) is 2.26. The van der Waals surface area contributed by atoms with E-state index < -0.39 is 0 Å². The van der Waals surface area contributed by atoms with Crippen molar-refractivity contribution < 1.29 is 0 Å². The quantitative estimate of drug-likeness (QED) is 0.758. The number of nitrogens with zero attached hydrogens (tertiary/aromatic N) is 3. The van der Waals surface area contributed by atoms with Gasteiger partial charge in [0, 0.05) is 31.9 Å². The number of hydrogen-bond acceptors (Lipinski definition) is 4. The first-order valence-electron chi connectivity index (χ1n) is 8.01. The summed E-state index contributed by atoms with van der Waals surface area (Å²) >= 11 is 0. The molecule has 4 nitrogen and oxygen atoms in total. The molecule has 1 rings (SSSR count). The highest BCUT2D eigenvalue weighted by Crippen LogP contribution is 2.16. The summed E-state index contributed by atoms with van der Waals surface area (Å²) in [5.41, 5.74) is 2.42. The summed E-state index contributed by atoms with van der Waals surface area (Å²) < 4.78 is 0. The highest BCUT2D eigenvalue weighted by Gasteiger charge is 2.11. The molecule has 0 saturated carbocycles. The van der Waals surface area contributed by atoms with Gasteiger partial charge < -0.3 is 15.1 Å². The van der Waals surface area contributed by atoms with Crippen molar-refractivity contribution in [1.82, 2.24) is 15.2 Å². The molecular formula is C17H32N4. The maximum Gasteiger partial charge on any atom is 0.128 e. The minimum Gasteiger partial charge on any atom is -0.355 e. The minimum absolute atomic E-state index is 0.635. The van der Waals surface area contributed by atoms with Crippen LogP contribution in [0.2, 0.25) is 0 Å². The Balaban J connectivity index is 2.83. The predicted octanol–water partition coefficient (Wildman–Crippen LogP) is 2.52. The van der Waals surface area contributed by atoms with Crippen molar-refractivity contribution in [2.45, 2.75) is 34.2 Å². The molecule has 0 aliphatic rings. The monoisotopic (exact) mass is 292 g/mol. The van der Waals surface area contributed by atoms with E-state index in [-0.39, 0.29) is 0 Å². The lowest BCUT2D eigenvalue weighted by molar-refractivity contribution is 0.408. The van der Waals surface area contributed by atoms with Gasteiger partial charge >= 0.3 is 0 Å². The zero-order valence-corrected chi connectivity index (χ0v) is 14.6. The van der Waals surface area contributed by atoms with Crippen LogP contribution in [-0.2, 0) is 6.54 Å². The van der Waals surface area contributed by atoms with Crippen LogP contribution in [0, 0.1) is 12.8 Å². The molecule has 0 aliphatic carbocycles. The Bertz CT molecular complexity index is 415. The van der Waals surface area contributed by atoms with E-state index >= 15 is 0 Å². The molecule has 4 heteroatoms. The fourth-order valence-corrected chi connectivity index (χ4v) is 2.26. The van der Waals surface area contributed by atoms with E-state index in [0.29, 0.717) is 5.92 Å². The van der Waals surface area contributed by atoms with Gasteiger partial charge in [-0.25, -0.2) is 4.98 Å². The van der Waals surface area contributed by atoms with E-state index in [9.17, 15) is 0 Å². The lowest BCUT2D eigenvalue weighted by Crippen LogP contribution is -2.35. The summed E-state index contributed by atoms with van der Waals surface area (Å²) in [6.07, 6.45) is 0. The third-order valence-electron chi connectivity index (χ3n) is 3.47. The van der Waals surface area contributed by atoms with Crippen LogP contribution >= 0.6 is 0 Å². The fraction of sp³-hybridized carbons (Fsp3) is 0.706. The van der Waals surface area contributed by atoms with Crippen molar-refractivity contribution in [1.29, 1.82) is 0 Å². The molecule has 0 atom stereocenters. The highest BCUT2D eigenvalue weighted by atomic mass is 15.2. The van der Waals surface area contributed by atoms with Gasteiger partial charge in [0.1, 0.15) is 5.82 Å². The van der Waals surface area contributed by atoms with Crippen molar-refractivity contribution in [3.63, 3.8) is 0 Å². The standard InChI is InChI=1S/C17H32N4/c1-7-18-12-16-8-9-17(19-15(16)4)21(13-14(2)3)11-10-20(5)6/h8-9,14,18H,7,10-13H2,1-6H3. The summed E-state index contributed by atoms with van der Waals surface area (Å²) in [4.78, 5) is 9.44. The summed E-state index contributed by atoms with van der Waals surface area (Å²) in [6.45, 7) is 13.8. The Morgan fingerprint density at radius 3 is 2.43 bits per heavy atom. The molecule has 0 unspecified atom stereocenters. The van der Waals surface area contributed by atoms with Gasteiger partial charge in [-0.3, -0.25) is 0 Å². The van der Waals surface area contributed by atoms with Gasteiger partial charge in [-0.2, -0.15) is 0 Å². The highest BCUT2D eigenvalue weighted by molar-refractivity contribution is 5.41. The first kappa shape index (κ1) is 17.9. The minimum atomic E-state index is 0.635. The molecule has 1 aromatic heterocycles. The Morgan fingerprint density at radius 2 is 1.90 bits per heavy atom. The summed E-state index contributed by atoms with van der Waals surface area (Å²) in [5.74, 6) is 1.74. The number of nitrogens with one attached hydrogen (secondary N) is 1. The maximum absolute atomic E-state index is 4.82. The Hall–Kier alpha value is -1.13. The average molecular weight is 292 g/mol. The van der Waals surface area contributed by atoms with Crippen LogP contribution < -0.4 is 10.2 Å². The lowest BCUT2D eigenvalue weighted by Gasteiger charge is -2.27. The van der Waals surface area contributed by atoms with Crippen LogP contribution in [-0.4, -0.2) is 50.2 Å². The third-order valence-corrected chi connectivity index (χ3v) is 3.47. The summed E-state index contributed by atoms with van der Waals surface area (Å²) in [5, 5.41) is 3.37. The molecule has 0 saturated heterocycles. The molecule has 0 bridgehead atoms. The van der Waals surface area contributed by atoms with E-state index in [1.54, 1.807) is 0 Å². The molecule has 1 N–H and O–H groups in total. The average Bonchev–Trinajstić information content (AvgIpc) is 2.41. The van der Waals surface area contributed by atoms with Gasteiger partial charge in [-0.15, -0.1) is 0 Å². The number of rotatable bonds is 9. The predicted molar refractivity (Wildman–Crippen MR) is 92.0 cm³/mol. The van der Waals surface area contributed by atoms with Gasteiger partial charge in [0.2, 0.25) is 0 Å². The van der Waals surface area contributed by atoms with Gasteiger partial charge in [0.15, 0.2) is 0 Å². The zero-order valence-electron chi connectivity index (χ0n) is 14.6. The maximum atomic E-state index is 4.82. The van der Waals surface area contributed by atoms with Crippen LogP contribution in [0.5, 0.6) is 0 Å². The molecule has 0 radical (unpaired) electrons. The van der Waals surface area contributed by atoms with Crippen LogP contribution in [0.25, 0.3) is 0 Å². The number of aryl methyl sites for hydroxylation is 1. The molecule has 1 aromatic rings. The smallest absolute Gasteiger partial charge is 0.128 e. The van der Waals surface area contributed by atoms with Gasteiger partial charge in [0.25, 0.3) is 0 Å². The van der Waals surface area contributed by atoms with Gasteiger partial charge in [0.05, 0.1) is 0 Å². The van der Waals surface area contributed by atoms with Crippen molar-refractivity contribution >= 4 is 5.82 Å². The molecule has 0 fully saturated rings. The SMILES string of the molecule is CCNCc1ccc(N(CCN(C)C)CC(C)C)nc1C. The topological polar surface area (TPSA) is 31.4 Å². The van der Waals surface area contributed by atoms with Crippen molar-refractivity contribution in [3.05, 3.63) is 23.4 Å². The molecule has 1 heterocycles. The molecule has 120 valence electrons. The second-order valence-electron chi connectivity index (χ2n) is 6.34. The molecule has 21 heavy (non-hydrogen) atoms. The number of likely N-dealkylation sites (N-methyl/N-ethyl adjacent to an activating group) is 1. The zero-order chi connectivity index (χ0) is 15.8. The van der Waals surface area contributed by atoms with Gasteiger partial charge in [-0.1, -0.05) is 26.8 Å². The second-order valence-corrected chi connectivity index (χ2v) is 6.34. The Labute approximate surface area is 130 Å². The third kappa shape index (κ3) is 6.44. The van der Waals surface area contributed by atoms with E-state index in [0.717, 1.165) is 44.2 Å². The molecular weight excluding hydrogens is 260 g/mol. The van der Waals surface area contributed by atoms with Crippen molar-refractivity contribution in [2.75, 3.05) is 45.2 Å². The van der Waals surface area contributed by atoms with E-state index in [1.165, 1.54) is 5.56 Å². The second kappa shape index (κ2) is 9.00. The Kier molecular flexibility index (Phi) is 7.68. The molecule has 0 amide bonds. The van der Waals surface area contributed by atoms with E-state index in [1.807, 2.05) is 0 Å². The number of pyridine rings is 1. The summed E-state index contributed by atoms with van der Waals surface area (Å²) in [6, 6.07) is 4.38. The molecule has 0 aromatic carbocycles. The van der Waals surface area contributed by atoms with E-state index in [2.05, 4.69) is 69.0 Å². The van der Waals surface area contributed by atoms with E-state index in [4.69, 9.17) is 4.98 Å². The molecule has 0 aliphatic heterocycles. The lowest BCUT2D eigenvalue weighted by atomic mass is 10.1. The largest absolute Gasteiger partial charge is 0.355 e.